The molecule has 7 heteroatoms. The lowest BCUT2D eigenvalue weighted by molar-refractivity contribution is -0.136. The number of hydrogen-bond donors (Lipinski definition) is 2. The van der Waals surface area contributed by atoms with Crippen molar-refractivity contribution in [2.24, 2.45) is 0 Å². The predicted molar refractivity (Wildman–Crippen MR) is 78.7 cm³/mol. The minimum Gasteiger partial charge on any atom is -0.481 e. The van der Waals surface area contributed by atoms with Crippen LogP contribution in [0.2, 0.25) is 0 Å². The Morgan fingerprint density at radius 1 is 1.14 bits per heavy atom. The number of carbonyl (C=O) groups excluding carboxylic acids is 1. The molecule has 1 aromatic carbocycles. The van der Waals surface area contributed by atoms with E-state index in [1.807, 2.05) is 0 Å². The fourth-order valence-electron chi connectivity index (χ4n) is 2.05. The van der Waals surface area contributed by atoms with Crippen molar-refractivity contribution in [1.29, 1.82) is 0 Å². The van der Waals surface area contributed by atoms with E-state index in [0.29, 0.717) is 22.5 Å². The second-order valence-electron chi connectivity index (χ2n) is 4.74. The summed E-state index contributed by atoms with van der Waals surface area (Å²) in [5.41, 5.74) is 2.41. The normalized spacial score (nSPS) is 10.5. The third kappa shape index (κ3) is 2.93. The van der Waals surface area contributed by atoms with Gasteiger partial charge >= 0.3 is 5.97 Å². The molecule has 2 heterocycles. The molecule has 110 valence electrons. The van der Waals surface area contributed by atoms with Crippen LogP contribution in [0.3, 0.4) is 0 Å². The van der Waals surface area contributed by atoms with Gasteiger partial charge in [-0.25, -0.2) is 0 Å². The molecule has 0 aliphatic heterocycles. The quantitative estimate of drug-likeness (QED) is 0.762. The third-order valence-electron chi connectivity index (χ3n) is 3.12. The van der Waals surface area contributed by atoms with Crippen LogP contribution in [0.15, 0.2) is 48.9 Å². The van der Waals surface area contributed by atoms with E-state index in [0.717, 1.165) is 0 Å². The summed E-state index contributed by atoms with van der Waals surface area (Å²) in [6.07, 6.45) is 3.12. The van der Waals surface area contributed by atoms with Crippen LogP contribution >= 0.6 is 0 Å². The number of carboxylic acid groups (broad SMARTS) is 1. The second kappa shape index (κ2) is 5.65. The molecule has 0 radical (unpaired) electrons. The number of carbonyl (C=O) groups is 2. The van der Waals surface area contributed by atoms with Crippen LogP contribution in [-0.2, 0) is 11.2 Å². The van der Waals surface area contributed by atoms with Gasteiger partial charge in [0.2, 0.25) is 0 Å². The maximum atomic E-state index is 12.2. The molecular formula is C15H12N4O3. The molecule has 0 saturated carbocycles. The summed E-state index contributed by atoms with van der Waals surface area (Å²) in [4.78, 5) is 22.8. The highest BCUT2D eigenvalue weighted by Gasteiger charge is 2.08. The van der Waals surface area contributed by atoms with Crippen LogP contribution < -0.4 is 5.32 Å². The first-order valence-corrected chi connectivity index (χ1v) is 6.53. The molecule has 0 spiro atoms. The smallest absolute Gasteiger partial charge is 0.307 e. The molecule has 0 atom stereocenters. The maximum absolute atomic E-state index is 12.2. The maximum Gasteiger partial charge on any atom is 0.307 e. The van der Waals surface area contributed by atoms with Gasteiger partial charge in [0.25, 0.3) is 5.91 Å². The Morgan fingerprint density at radius 3 is 2.64 bits per heavy atom. The predicted octanol–water partition coefficient (Wildman–Crippen LogP) is 1.61. The SMILES string of the molecule is O=C(O)Cc1ccc(NC(=O)c2ccc3nncn3c2)cc1. The third-order valence-corrected chi connectivity index (χ3v) is 3.12. The molecule has 22 heavy (non-hydrogen) atoms. The number of nitrogens with one attached hydrogen (secondary N) is 1. The number of fused-ring (bicyclic) bond motifs is 1. The molecule has 0 unspecified atom stereocenters. The van der Waals surface area contributed by atoms with E-state index >= 15 is 0 Å². The van der Waals surface area contributed by atoms with Crippen LogP contribution in [0, 0.1) is 0 Å². The first-order valence-electron chi connectivity index (χ1n) is 6.53. The molecule has 1 amide bonds. The van der Waals surface area contributed by atoms with Crippen molar-refractivity contribution in [2.75, 3.05) is 5.32 Å². The average Bonchev–Trinajstić information content (AvgIpc) is 2.96. The lowest BCUT2D eigenvalue weighted by Crippen LogP contribution is -2.12. The van der Waals surface area contributed by atoms with Crippen molar-refractivity contribution >= 4 is 23.2 Å². The lowest BCUT2D eigenvalue weighted by atomic mass is 10.1. The van der Waals surface area contributed by atoms with Crippen molar-refractivity contribution in [3.8, 4) is 0 Å². The van der Waals surface area contributed by atoms with Gasteiger partial charge in [-0.15, -0.1) is 10.2 Å². The molecule has 0 aliphatic rings. The van der Waals surface area contributed by atoms with Gasteiger partial charge < -0.3 is 10.4 Å². The number of carboxylic acids is 1. The number of nitrogens with zero attached hydrogens (tertiary/aromatic N) is 3. The van der Waals surface area contributed by atoms with Gasteiger partial charge in [0.05, 0.1) is 12.0 Å². The van der Waals surface area contributed by atoms with Crippen LogP contribution in [-0.4, -0.2) is 31.6 Å². The minimum absolute atomic E-state index is 0.0431. The van der Waals surface area contributed by atoms with Gasteiger partial charge in [-0.3, -0.25) is 14.0 Å². The van der Waals surface area contributed by atoms with Gasteiger partial charge in [0.1, 0.15) is 6.33 Å². The highest BCUT2D eigenvalue weighted by atomic mass is 16.4. The Labute approximate surface area is 125 Å². The molecule has 2 aromatic heterocycles. The average molecular weight is 296 g/mol. The number of benzene rings is 1. The van der Waals surface area contributed by atoms with Crippen LogP contribution in [0.4, 0.5) is 5.69 Å². The summed E-state index contributed by atoms with van der Waals surface area (Å²) >= 11 is 0. The van der Waals surface area contributed by atoms with Crippen molar-refractivity contribution in [3.05, 3.63) is 60.0 Å². The zero-order valence-corrected chi connectivity index (χ0v) is 11.4. The number of hydrogen-bond acceptors (Lipinski definition) is 4. The topological polar surface area (TPSA) is 96.6 Å². The van der Waals surface area contributed by atoms with E-state index in [4.69, 9.17) is 5.11 Å². The van der Waals surface area contributed by atoms with Crippen molar-refractivity contribution in [1.82, 2.24) is 14.6 Å². The summed E-state index contributed by atoms with van der Waals surface area (Å²) < 4.78 is 1.66. The monoisotopic (exact) mass is 296 g/mol. The highest BCUT2D eigenvalue weighted by molar-refractivity contribution is 6.04. The molecule has 0 aliphatic carbocycles. The van der Waals surface area contributed by atoms with Gasteiger partial charge in [-0.05, 0) is 29.8 Å². The number of amides is 1. The second-order valence-corrected chi connectivity index (χ2v) is 4.74. The molecule has 0 saturated heterocycles. The number of aliphatic carboxylic acids is 1. The van der Waals surface area contributed by atoms with Crippen LogP contribution in [0.25, 0.3) is 5.65 Å². The fourth-order valence-corrected chi connectivity index (χ4v) is 2.05. The highest BCUT2D eigenvalue weighted by Crippen LogP contribution is 2.12. The summed E-state index contributed by atoms with van der Waals surface area (Å²) in [7, 11) is 0. The van der Waals surface area contributed by atoms with Gasteiger partial charge in [0.15, 0.2) is 5.65 Å². The van der Waals surface area contributed by atoms with E-state index < -0.39 is 5.97 Å². The Hall–Kier alpha value is -3.22. The molecule has 3 aromatic rings. The number of aromatic nitrogens is 3. The van der Waals surface area contributed by atoms with Crippen molar-refractivity contribution < 1.29 is 14.7 Å². The minimum atomic E-state index is -0.890. The van der Waals surface area contributed by atoms with E-state index in [1.165, 1.54) is 6.33 Å². The van der Waals surface area contributed by atoms with Gasteiger partial charge in [-0.2, -0.15) is 0 Å². The molecule has 0 fully saturated rings. The van der Waals surface area contributed by atoms with Gasteiger partial charge in [-0.1, -0.05) is 12.1 Å². The first kappa shape index (κ1) is 13.7. The zero-order valence-electron chi connectivity index (χ0n) is 11.4. The molecule has 7 nitrogen and oxygen atoms in total. The molecular weight excluding hydrogens is 284 g/mol. The van der Waals surface area contributed by atoms with E-state index in [2.05, 4.69) is 15.5 Å². The largest absolute Gasteiger partial charge is 0.481 e. The van der Waals surface area contributed by atoms with E-state index in [1.54, 1.807) is 47.0 Å². The number of anilines is 1. The van der Waals surface area contributed by atoms with Gasteiger partial charge in [0, 0.05) is 11.9 Å². The number of pyridine rings is 1. The van der Waals surface area contributed by atoms with E-state index in [-0.39, 0.29) is 12.3 Å². The fraction of sp³-hybridized carbons (Fsp3) is 0.0667. The Kier molecular flexibility index (Phi) is 3.53. The standard InChI is InChI=1S/C15H12N4O3/c20-14(21)7-10-1-4-12(5-2-10)17-15(22)11-3-6-13-18-16-9-19(13)8-11/h1-6,8-9H,7H2,(H,17,22)(H,20,21). The first-order chi connectivity index (χ1) is 10.6. The summed E-state index contributed by atoms with van der Waals surface area (Å²) in [6, 6.07) is 10.1. The van der Waals surface area contributed by atoms with Crippen molar-refractivity contribution in [3.63, 3.8) is 0 Å². The summed E-state index contributed by atoms with van der Waals surface area (Å²) in [5.74, 6) is -1.15. The zero-order chi connectivity index (χ0) is 15.5. The number of rotatable bonds is 4. The van der Waals surface area contributed by atoms with Crippen LogP contribution in [0.5, 0.6) is 0 Å². The summed E-state index contributed by atoms with van der Waals surface area (Å²) in [6.45, 7) is 0. The Bertz CT molecular complexity index is 839. The summed E-state index contributed by atoms with van der Waals surface area (Å²) in [5, 5.41) is 19.1. The molecule has 0 bridgehead atoms. The Balaban J connectivity index is 1.74. The molecule has 3 rings (SSSR count). The molecule has 2 N–H and O–H groups in total. The lowest BCUT2D eigenvalue weighted by Gasteiger charge is -2.06. The van der Waals surface area contributed by atoms with E-state index in [9.17, 15) is 9.59 Å². The van der Waals surface area contributed by atoms with Crippen LogP contribution in [0.1, 0.15) is 15.9 Å². The Morgan fingerprint density at radius 2 is 1.91 bits per heavy atom. The van der Waals surface area contributed by atoms with Crippen molar-refractivity contribution in [2.45, 2.75) is 6.42 Å².